The molecule has 0 saturated carbocycles. The largest absolute Gasteiger partial charge is 0.478 e. The summed E-state index contributed by atoms with van der Waals surface area (Å²) in [5.74, 6) is -1.90. The molecule has 1 aromatic carbocycles. The SMILES string of the molecule is O=C(Cl)c1ccc(Br)c(F)c1O[C@@H](CF)C(F)F. The third kappa shape index (κ3) is 3.35. The first-order valence-corrected chi connectivity index (χ1v) is 5.74. The highest BCUT2D eigenvalue weighted by atomic mass is 79.9. The molecule has 0 amide bonds. The third-order valence-electron chi connectivity index (χ3n) is 1.96. The Bertz CT molecular complexity index is 456. The van der Waals surface area contributed by atoms with Crippen LogP contribution in [0, 0.1) is 5.82 Å². The number of halogens is 6. The van der Waals surface area contributed by atoms with Crippen LogP contribution in [0.15, 0.2) is 16.6 Å². The Hall–Kier alpha value is -0.820. The predicted octanol–water partition coefficient (Wildman–Crippen LogP) is 3.95. The second-order valence-electron chi connectivity index (χ2n) is 3.16. The zero-order valence-corrected chi connectivity index (χ0v) is 10.9. The van der Waals surface area contributed by atoms with Crippen molar-refractivity contribution in [2.45, 2.75) is 12.5 Å². The highest BCUT2D eigenvalue weighted by molar-refractivity contribution is 9.10. The maximum atomic E-state index is 13.6. The van der Waals surface area contributed by atoms with Crippen LogP contribution in [0.1, 0.15) is 10.4 Å². The zero-order valence-electron chi connectivity index (χ0n) is 8.60. The second kappa shape index (κ2) is 6.38. The molecule has 0 radical (unpaired) electrons. The minimum absolute atomic E-state index is 0.119. The summed E-state index contributed by atoms with van der Waals surface area (Å²) in [6, 6.07) is 2.24. The van der Waals surface area contributed by atoms with E-state index in [2.05, 4.69) is 20.7 Å². The van der Waals surface area contributed by atoms with Crippen molar-refractivity contribution in [3.63, 3.8) is 0 Å². The number of ether oxygens (including phenoxy) is 1. The van der Waals surface area contributed by atoms with Crippen LogP contribution in [0.4, 0.5) is 17.6 Å². The van der Waals surface area contributed by atoms with Crippen LogP contribution in [-0.2, 0) is 0 Å². The molecule has 8 heteroatoms. The third-order valence-corrected chi connectivity index (χ3v) is 2.78. The molecule has 2 nitrogen and oxygen atoms in total. The van der Waals surface area contributed by atoms with E-state index in [1.54, 1.807) is 0 Å². The first-order valence-electron chi connectivity index (χ1n) is 4.57. The van der Waals surface area contributed by atoms with Crippen LogP contribution in [0.5, 0.6) is 5.75 Å². The van der Waals surface area contributed by atoms with Crippen molar-refractivity contribution in [3.05, 3.63) is 28.0 Å². The number of rotatable bonds is 5. The standard InChI is InChI=1S/C10H6BrClF4O2/c11-5-2-1-4(9(12)17)8(7(5)14)18-6(3-13)10(15)16/h1-2,6,10H,3H2/t6-/m0/s1. The Morgan fingerprint density at radius 2 is 2.06 bits per heavy atom. The van der Waals surface area contributed by atoms with Gasteiger partial charge in [-0.2, -0.15) is 0 Å². The van der Waals surface area contributed by atoms with Crippen LogP contribution in [0.3, 0.4) is 0 Å². The predicted molar refractivity (Wildman–Crippen MR) is 60.7 cm³/mol. The lowest BCUT2D eigenvalue weighted by atomic mass is 10.2. The van der Waals surface area contributed by atoms with Crippen molar-refractivity contribution < 1.29 is 27.1 Å². The van der Waals surface area contributed by atoms with E-state index in [4.69, 9.17) is 11.6 Å². The molecule has 0 N–H and O–H groups in total. The molecular weight excluding hydrogens is 343 g/mol. The smallest absolute Gasteiger partial charge is 0.277 e. The lowest BCUT2D eigenvalue weighted by Crippen LogP contribution is -2.28. The van der Waals surface area contributed by atoms with Crippen molar-refractivity contribution in [2.75, 3.05) is 6.67 Å². The number of alkyl halides is 3. The van der Waals surface area contributed by atoms with Gasteiger partial charge in [-0.25, -0.2) is 17.6 Å². The topological polar surface area (TPSA) is 26.3 Å². The average Bonchev–Trinajstić information content (AvgIpc) is 2.30. The van der Waals surface area contributed by atoms with E-state index in [-0.39, 0.29) is 4.47 Å². The van der Waals surface area contributed by atoms with Gasteiger partial charge in [-0.1, -0.05) is 0 Å². The fraction of sp³-hybridized carbons (Fsp3) is 0.300. The molecule has 1 aromatic rings. The Morgan fingerprint density at radius 3 is 2.50 bits per heavy atom. The van der Waals surface area contributed by atoms with Crippen molar-refractivity contribution >= 4 is 32.8 Å². The average molecular weight is 350 g/mol. The molecule has 1 atom stereocenters. The molecule has 0 aliphatic heterocycles. The number of carbonyl (C=O) groups is 1. The van der Waals surface area contributed by atoms with E-state index in [1.165, 1.54) is 0 Å². The molecule has 0 saturated heterocycles. The van der Waals surface area contributed by atoms with Crippen molar-refractivity contribution in [2.24, 2.45) is 0 Å². The summed E-state index contributed by atoms with van der Waals surface area (Å²) in [6.07, 6.45) is -5.32. The molecular formula is C10H6BrClF4O2. The molecule has 0 aromatic heterocycles. The van der Waals surface area contributed by atoms with Crippen molar-refractivity contribution in [1.82, 2.24) is 0 Å². The molecule has 1 rings (SSSR count). The van der Waals surface area contributed by atoms with Gasteiger partial charge in [0.05, 0.1) is 10.0 Å². The van der Waals surface area contributed by atoms with Gasteiger partial charge in [0.1, 0.15) is 6.67 Å². The van der Waals surface area contributed by atoms with Gasteiger partial charge in [-0.05, 0) is 39.7 Å². The Morgan fingerprint density at radius 1 is 1.44 bits per heavy atom. The number of carbonyl (C=O) groups excluding carboxylic acids is 1. The highest BCUT2D eigenvalue weighted by Gasteiger charge is 2.27. The molecule has 0 heterocycles. The van der Waals surface area contributed by atoms with E-state index in [9.17, 15) is 22.4 Å². The number of benzene rings is 1. The Balaban J connectivity index is 3.20. The minimum Gasteiger partial charge on any atom is -0.478 e. The maximum absolute atomic E-state index is 13.6. The van der Waals surface area contributed by atoms with Gasteiger partial charge in [0.15, 0.2) is 17.7 Å². The number of hydrogen-bond donors (Lipinski definition) is 0. The van der Waals surface area contributed by atoms with Gasteiger partial charge >= 0.3 is 0 Å². The molecule has 18 heavy (non-hydrogen) atoms. The van der Waals surface area contributed by atoms with Gasteiger partial charge < -0.3 is 4.74 Å². The fourth-order valence-electron chi connectivity index (χ4n) is 1.10. The van der Waals surface area contributed by atoms with Crippen LogP contribution in [0.2, 0.25) is 0 Å². The number of hydrogen-bond acceptors (Lipinski definition) is 2. The summed E-state index contributed by atoms with van der Waals surface area (Å²) in [5, 5.41) is -1.09. The van der Waals surface area contributed by atoms with Gasteiger partial charge in [-0.15, -0.1) is 0 Å². The maximum Gasteiger partial charge on any atom is 0.277 e. The van der Waals surface area contributed by atoms with Crippen molar-refractivity contribution in [1.29, 1.82) is 0 Å². The summed E-state index contributed by atoms with van der Waals surface area (Å²) in [7, 11) is 0. The minimum atomic E-state index is -3.16. The molecule has 0 fully saturated rings. The molecule has 100 valence electrons. The second-order valence-corrected chi connectivity index (χ2v) is 4.35. The van der Waals surface area contributed by atoms with E-state index in [1.807, 2.05) is 0 Å². The summed E-state index contributed by atoms with van der Waals surface area (Å²) >= 11 is 7.94. The molecule has 0 spiro atoms. The lowest BCUT2D eigenvalue weighted by Gasteiger charge is -2.17. The van der Waals surface area contributed by atoms with Gasteiger partial charge in [0.2, 0.25) is 0 Å². The van der Waals surface area contributed by atoms with Crippen LogP contribution in [0.25, 0.3) is 0 Å². The summed E-state index contributed by atoms with van der Waals surface area (Å²) in [6.45, 7) is -1.53. The quantitative estimate of drug-likeness (QED) is 0.594. The molecule has 0 bridgehead atoms. The summed E-state index contributed by atoms with van der Waals surface area (Å²) in [4.78, 5) is 11.0. The van der Waals surface area contributed by atoms with Gasteiger partial charge in [0.25, 0.3) is 11.7 Å². The highest BCUT2D eigenvalue weighted by Crippen LogP contribution is 2.31. The first-order chi connectivity index (χ1) is 8.38. The van der Waals surface area contributed by atoms with E-state index < -0.39 is 41.6 Å². The van der Waals surface area contributed by atoms with Crippen LogP contribution < -0.4 is 4.74 Å². The van der Waals surface area contributed by atoms with Gasteiger partial charge in [-0.3, -0.25) is 4.79 Å². The zero-order chi connectivity index (χ0) is 13.9. The monoisotopic (exact) mass is 348 g/mol. The lowest BCUT2D eigenvalue weighted by molar-refractivity contribution is -0.00340. The van der Waals surface area contributed by atoms with E-state index >= 15 is 0 Å². The first kappa shape index (κ1) is 15.2. The Kier molecular flexibility index (Phi) is 5.40. The van der Waals surface area contributed by atoms with E-state index in [0.717, 1.165) is 12.1 Å². The molecule has 0 aliphatic carbocycles. The van der Waals surface area contributed by atoms with E-state index in [0.29, 0.717) is 0 Å². The normalized spacial score (nSPS) is 12.6. The molecule has 0 unspecified atom stereocenters. The van der Waals surface area contributed by atoms with Crippen molar-refractivity contribution in [3.8, 4) is 5.75 Å². The van der Waals surface area contributed by atoms with Crippen LogP contribution >= 0.6 is 27.5 Å². The molecule has 0 aliphatic rings. The Labute approximate surface area is 113 Å². The van der Waals surface area contributed by atoms with Crippen LogP contribution in [-0.4, -0.2) is 24.4 Å². The summed E-state index contributed by atoms with van der Waals surface area (Å²) < 4.78 is 55.0. The summed E-state index contributed by atoms with van der Waals surface area (Å²) in [5.41, 5.74) is -0.448. The van der Waals surface area contributed by atoms with Gasteiger partial charge in [0, 0.05) is 0 Å². The fourth-order valence-corrected chi connectivity index (χ4v) is 1.56.